The molecule has 0 fully saturated rings. The van der Waals surface area contributed by atoms with E-state index in [1.165, 1.54) is 6.07 Å². The number of carbonyl (C=O) groups is 1. The molecule has 94 valence electrons. The Bertz CT molecular complexity index is 533. The molecule has 2 N–H and O–H groups in total. The zero-order valence-electron chi connectivity index (χ0n) is 10.3. The molecule has 0 spiro atoms. The molecular formula is C14H16N2O2. The second-order valence-electron chi connectivity index (χ2n) is 4.18. The summed E-state index contributed by atoms with van der Waals surface area (Å²) in [5, 5.41) is 12.4. The van der Waals surface area contributed by atoms with E-state index in [0.29, 0.717) is 12.1 Å². The van der Waals surface area contributed by atoms with Crippen LogP contribution in [0.1, 0.15) is 15.9 Å². The van der Waals surface area contributed by atoms with E-state index in [0.717, 1.165) is 12.1 Å². The van der Waals surface area contributed by atoms with Gasteiger partial charge >= 0.3 is 0 Å². The third-order valence-corrected chi connectivity index (χ3v) is 2.79. The minimum absolute atomic E-state index is 0.146. The Morgan fingerprint density at radius 1 is 1.33 bits per heavy atom. The van der Waals surface area contributed by atoms with E-state index in [1.807, 2.05) is 29.1 Å². The van der Waals surface area contributed by atoms with Crippen molar-refractivity contribution in [1.82, 2.24) is 9.88 Å². The van der Waals surface area contributed by atoms with E-state index in [9.17, 15) is 9.90 Å². The number of aryl methyl sites for hydroxylation is 1. The first kappa shape index (κ1) is 12.2. The summed E-state index contributed by atoms with van der Waals surface area (Å²) in [6.07, 6.45) is 3.90. The standard InChI is InChI=1S/C14H16N2O2/c1-11-4-5-12(10-13(11)17)14(18)15-6-9-16-7-2-3-8-16/h2-5,7-8,10,17H,6,9H2,1H3,(H,15,18). The van der Waals surface area contributed by atoms with Crippen LogP contribution < -0.4 is 5.32 Å². The van der Waals surface area contributed by atoms with E-state index in [-0.39, 0.29) is 11.7 Å². The highest BCUT2D eigenvalue weighted by Gasteiger charge is 2.06. The van der Waals surface area contributed by atoms with Gasteiger partial charge in [0, 0.05) is 31.0 Å². The Labute approximate surface area is 106 Å². The SMILES string of the molecule is Cc1ccc(C(=O)NCCn2cccc2)cc1O. The molecule has 18 heavy (non-hydrogen) atoms. The monoisotopic (exact) mass is 244 g/mol. The lowest BCUT2D eigenvalue weighted by molar-refractivity contribution is 0.0952. The number of aromatic nitrogens is 1. The summed E-state index contributed by atoms with van der Waals surface area (Å²) in [4.78, 5) is 11.8. The number of rotatable bonds is 4. The highest BCUT2D eigenvalue weighted by Crippen LogP contribution is 2.17. The van der Waals surface area contributed by atoms with Gasteiger partial charge in [0.1, 0.15) is 5.75 Å². The molecule has 2 rings (SSSR count). The molecule has 0 aliphatic carbocycles. The summed E-state index contributed by atoms with van der Waals surface area (Å²) in [5.41, 5.74) is 1.24. The molecule has 1 aromatic heterocycles. The molecule has 0 radical (unpaired) electrons. The molecule has 1 amide bonds. The largest absolute Gasteiger partial charge is 0.508 e. The quantitative estimate of drug-likeness (QED) is 0.863. The predicted molar refractivity (Wildman–Crippen MR) is 69.6 cm³/mol. The maximum atomic E-state index is 11.8. The number of phenolic OH excluding ortho intramolecular Hbond substituents is 1. The first-order valence-electron chi connectivity index (χ1n) is 5.85. The van der Waals surface area contributed by atoms with Gasteiger partial charge in [-0.2, -0.15) is 0 Å². The molecule has 0 aliphatic heterocycles. The minimum atomic E-state index is -0.169. The van der Waals surface area contributed by atoms with Gasteiger partial charge in [-0.15, -0.1) is 0 Å². The molecule has 0 saturated heterocycles. The van der Waals surface area contributed by atoms with Gasteiger partial charge in [0.25, 0.3) is 5.91 Å². The number of aromatic hydroxyl groups is 1. The normalized spacial score (nSPS) is 10.3. The molecule has 2 aromatic rings. The van der Waals surface area contributed by atoms with Crippen LogP contribution in [0.2, 0.25) is 0 Å². The summed E-state index contributed by atoms with van der Waals surface area (Å²) in [5.74, 6) is -0.0227. The smallest absolute Gasteiger partial charge is 0.251 e. The number of hydrogen-bond donors (Lipinski definition) is 2. The summed E-state index contributed by atoms with van der Waals surface area (Å²) in [6.45, 7) is 3.09. The van der Waals surface area contributed by atoms with Crippen molar-refractivity contribution in [3.05, 3.63) is 53.9 Å². The van der Waals surface area contributed by atoms with E-state index < -0.39 is 0 Å². The van der Waals surface area contributed by atoms with Gasteiger partial charge in [0.05, 0.1) is 0 Å². The fraction of sp³-hybridized carbons (Fsp3) is 0.214. The Kier molecular flexibility index (Phi) is 3.67. The van der Waals surface area contributed by atoms with Gasteiger partial charge in [-0.3, -0.25) is 4.79 Å². The molecule has 4 heteroatoms. The first-order valence-corrected chi connectivity index (χ1v) is 5.85. The van der Waals surface area contributed by atoms with Crippen molar-refractivity contribution in [2.24, 2.45) is 0 Å². The van der Waals surface area contributed by atoms with Gasteiger partial charge < -0.3 is 15.0 Å². The molecule has 0 unspecified atom stereocenters. The van der Waals surface area contributed by atoms with Crippen molar-refractivity contribution in [2.45, 2.75) is 13.5 Å². The van der Waals surface area contributed by atoms with Crippen LogP contribution in [0.15, 0.2) is 42.7 Å². The van der Waals surface area contributed by atoms with Crippen LogP contribution in [0.3, 0.4) is 0 Å². The number of phenols is 1. The number of nitrogens with zero attached hydrogens (tertiary/aromatic N) is 1. The molecule has 4 nitrogen and oxygen atoms in total. The van der Waals surface area contributed by atoms with Crippen molar-refractivity contribution < 1.29 is 9.90 Å². The van der Waals surface area contributed by atoms with Crippen LogP contribution in [0.25, 0.3) is 0 Å². The van der Waals surface area contributed by atoms with Crippen molar-refractivity contribution >= 4 is 5.91 Å². The molecule has 0 saturated carbocycles. The van der Waals surface area contributed by atoms with Crippen LogP contribution >= 0.6 is 0 Å². The molecule has 1 aromatic carbocycles. The average molecular weight is 244 g/mol. The van der Waals surface area contributed by atoms with Gasteiger partial charge in [0.15, 0.2) is 0 Å². The minimum Gasteiger partial charge on any atom is -0.508 e. The van der Waals surface area contributed by atoms with Gasteiger partial charge in [-0.05, 0) is 36.8 Å². The Morgan fingerprint density at radius 2 is 2.06 bits per heavy atom. The fourth-order valence-electron chi connectivity index (χ4n) is 1.67. The van der Waals surface area contributed by atoms with E-state index in [4.69, 9.17) is 0 Å². The molecule has 0 atom stereocenters. The number of hydrogen-bond acceptors (Lipinski definition) is 2. The number of amides is 1. The predicted octanol–water partition coefficient (Wildman–Crippen LogP) is 1.93. The van der Waals surface area contributed by atoms with Crippen LogP contribution in [-0.4, -0.2) is 22.1 Å². The summed E-state index contributed by atoms with van der Waals surface area (Å²) in [7, 11) is 0. The lowest BCUT2D eigenvalue weighted by Gasteiger charge is -2.07. The number of nitrogens with one attached hydrogen (secondary N) is 1. The van der Waals surface area contributed by atoms with Crippen LogP contribution in [0, 0.1) is 6.92 Å². The average Bonchev–Trinajstić information content (AvgIpc) is 2.85. The molecule has 1 heterocycles. The zero-order valence-corrected chi connectivity index (χ0v) is 10.3. The van der Waals surface area contributed by atoms with Gasteiger partial charge in [-0.25, -0.2) is 0 Å². The Morgan fingerprint density at radius 3 is 2.72 bits per heavy atom. The molecular weight excluding hydrogens is 228 g/mol. The van der Waals surface area contributed by atoms with Crippen molar-refractivity contribution in [3.63, 3.8) is 0 Å². The highest BCUT2D eigenvalue weighted by molar-refractivity contribution is 5.94. The van der Waals surface area contributed by atoms with Crippen molar-refractivity contribution in [3.8, 4) is 5.75 Å². The lowest BCUT2D eigenvalue weighted by atomic mass is 10.1. The molecule has 0 aliphatic rings. The third kappa shape index (κ3) is 2.91. The highest BCUT2D eigenvalue weighted by atomic mass is 16.3. The van der Waals surface area contributed by atoms with Crippen molar-refractivity contribution in [2.75, 3.05) is 6.54 Å². The third-order valence-electron chi connectivity index (χ3n) is 2.79. The second kappa shape index (κ2) is 5.40. The Hall–Kier alpha value is -2.23. The van der Waals surface area contributed by atoms with E-state index in [2.05, 4.69) is 5.32 Å². The van der Waals surface area contributed by atoms with Gasteiger partial charge in [0.2, 0.25) is 0 Å². The summed E-state index contributed by atoms with van der Waals surface area (Å²) < 4.78 is 1.99. The maximum absolute atomic E-state index is 11.8. The van der Waals surface area contributed by atoms with E-state index >= 15 is 0 Å². The lowest BCUT2D eigenvalue weighted by Crippen LogP contribution is -2.26. The second-order valence-corrected chi connectivity index (χ2v) is 4.18. The summed E-state index contributed by atoms with van der Waals surface area (Å²) in [6, 6.07) is 8.82. The van der Waals surface area contributed by atoms with E-state index in [1.54, 1.807) is 19.1 Å². The summed E-state index contributed by atoms with van der Waals surface area (Å²) >= 11 is 0. The van der Waals surface area contributed by atoms with Crippen LogP contribution in [0.4, 0.5) is 0 Å². The first-order chi connectivity index (χ1) is 8.66. The number of carbonyl (C=O) groups excluding carboxylic acids is 1. The van der Waals surface area contributed by atoms with Gasteiger partial charge in [-0.1, -0.05) is 6.07 Å². The Balaban J connectivity index is 1.89. The fourth-order valence-corrected chi connectivity index (χ4v) is 1.67. The zero-order chi connectivity index (χ0) is 13.0. The topological polar surface area (TPSA) is 54.3 Å². The van der Waals surface area contributed by atoms with Crippen LogP contribution in [-0.2, 0) is 6.54 Å². The molecule has 0 bridgehead atoms. The maximum Gasteiger partial charge on any atom is 0.251 e. The van der Waals surface area contributed by atoms with Crippen LogP contribution in [0.5, 0.6) is 5.75 Å². The van der Waals surface area contributed by atoms with Crippen molar-refractivity contribution in [1.29, 1.82) is 0 Å². The number of benzene rings is 1.